The summed E-state index contributed by atoms with van der Waals surface area (Å²) in [4.78, 5) is 9.65. The van der Waals surface area contributed by atoms with E-state index in [-0.39, 0.29) is 0 Å². The Kier molecular flexibility index (Phi) is 3.88. The van der Waals surface area contributed by atoms with E-state index >= 15 is 0 Å². The molecule has 0 aliphatic carbocycles. The molecular formula is C12H15N3S. The van der Waals surface area contributed by atoms with E-state index in [1.165, 1.54) is 4.88 Å². The molecule has 0 bridgehead atoms. The Morgan fingerprint density at radius 2 is 2.38 bits per heavy atom. The minimum absolute atomic E-state index is 0.349. The molecule has 2 rings (SSSR count). The lowest BCUT2D eigenvalue weighted by atomic mass is 10.1. The number of nitrogens with zero attached hydrogens (tertiary/aromatic N) is 2. The van der Waals surface area contributed by atoms with Crippen LogP contribution in [0.4, 0.5) is 5.82 Å². The molecule has 0 fully saturated rings. The molecule has 0 saturated heterocycles. The highest BCUT2D eigenvalue weighted by Crippen LogP contribution is 2.26. The number of hydrogen-bond donors (Lipinski definition) is 1. The Labute approximate surface area is 99.6 Å². The van der Waals surface area contributed by atoms with Gasteiger partial charge >= 0.3 is 0 Å². The molecule has 1 N–H and O–H groups in total. The van der Waals surface area contributed by atoms with E-state index in [0.29, 0.717) is 6.04 Å². The fourth-order valence-electron chi connectivity index (χ4n) is 1.62. The molecular weight excluding hydrogens is 218 g/mol. The zero-order chi connectivity index (χ0) is 11.2. The molecule has 0 amide bonds. The predicted molar refractivity (Wildman–Crippen MR) is 67.6 cm³/mol. The maximum Gasteiger partial charge on any atom is 0.144 e. The van der Waals surface area contributed by atoms with Crippen molar-refractivity contribution in [2.75, 3.05) is 5.32 Å². The van der Waals surface area contributed by atoms with Crippen LogP contribution in [0.3, 0.4) is 0 Å². The minimum atomic E-state index is 0.349. The first-order valence-corrected chi connectivity index (χ1v) is 6.34. The lowest BCUT2D eigenvalue weighted by molar-refractivity contribution is 0.684. The first kappa shape index (κ1) is 11.1. The number of anilines is 1. The molecule has 1 unspecified atom stereocenters. The van der Waals surface area contributed by atoms with Gasteiger partial charge < -0.3 is 5.32 Å². The highest BCUT2D eigenvalue weighted by atomic mass is 32.1. The van der Waals surface area contributed by atoms with Crippen LogP contribution in [0.15, 0.2) is 36.1 Å². The molecule has 3 nitrogen and oxygen atoms in total. The van der Waals surface area contributed by atoms with Crippen LogP contribution in [0.1, 0.15) is 30.7 Å². The number of hydrogen-bond acceptors (Lipinski definition) is 4. The van der Waals surface area contributed by atoms with E-state index in [2.05, 4.69) is 39.7 Å². The van der Waals surface area contributed by atoms with Gasteiger partial charge in [-0.3, -0.25) is 4.98 Å². The fraction of sp³-hybridized carbons (Fsp3) is 0.333. The lowest BCUT2D eigenvalue weighted by Crippen LogP contribution is -2.10. The number of thiophene rings is 1. The average molecular weight is 233 g/mol. The fourth-order valence-corrected chi connectivity index (χ4v) is 2.43. The Morgan fingerprint density at radius 1 is 1.44 bits per heavy atom. The summed E-state index contributed by atoms with van der Waals surface area (Å²) in [5.41, 5.74) is 0. The van der Waals surface area contributed by atoms with Gasteiger partial charge in [0.1, 0.15) is 5.82 Å². The normalized spacial score (nSPS) is 12.3. The highest BCUT2D eigenvalue weighted by Gasteiger charge is 2.11. The Morgan fingerprint density at radius 3 is 3.00 bits per heavy atom. The van der Waals surface area contributed by atoms with Crippen LogP contribution in [0.5, 0.6) is 0 Å². The van der Waals surface area contributed by atoms with Gasteiger partial charge in [0.25, 0.3) is 0 Å². The molecule has 0 radical (unpaired) electrons. The van der Waals surface area contributed by atoms with Gasteiger partial charge in [0.05, 0.1) is 12.2 Å². The van der Waals surface area contributed by atoms with Crippen LogP contribution in [-0.2, 0) is 0 Å². The largest absolute Gasteiger partial charge is 0.361 e. The van der Waals surface area contributed by atoms with Crippen molar-refractivity contribution in [2.45, 2.75) is 25.8 Å². The standard InChI is InChI=1S/C12H15N3S/c1-2-4-10(11-5-3-8-16-11)15-12-9-13-6-7-14-12/h3,5-10H,2,4H2,1H3,(H,14,15). The molecule has 84 valence electrons. The molecule has 1 atom stereocenters. The maximum absolute atomic E-state index is 4.24. The van der Waals surface area contributed by atoms with Crippen LogP contribution in [0, 0.1) is 0 Å². The molecule has 0 aliphatic heterocycles. The summed E-state index contributed by atoms with van der Waals surface area (Å²) in [6, 6.07) is 4.59. The SMILES string of the molecule is CCCC(Nc1cnccn1)c1cccs1. The van der Waals surface area contributed by atoms with Crippen LogP contribution < -0.4 is 5.32 Å². The molecule has 2 heterocycles. The van der Waals surface area contributed by atoms with Gasteiger partial charge in [-0.25, -0.2) is 4.98 Å². The van der Waals surface area contributed by atoms with Crippen molar-refractivity contribution in [1.29, 1.82) is 0 Å². The second-order valence-corrected chi connectivity index (χ2v) is 4.57. The first-order valence-electron chi connectivity index (χ1n) is 5.46. The molecule has 16 heavy (non-hydrogen) atoms. The van der Waals surface area contributed by atoms with Gasteiger partial charge in [-0.2, -0.15) is 0 Å². The summed E-state index contributed by atoms with van der Waals surface area (Å²) in [7, 11) is 0. The number of aromatic nitrogens is 2. The highest BCUT2D eigenvalue weighted by molar-refractivity contribution is 7.10. The van der Waals surface area contributed by atoms with Gasteiger partial charge in [-0.1, -0.05) is 19.4 Å². The summed E-state index contributed by atoms with van der Waals surface area (Å²) in [6.45, 7) is 2.19. The summed E-state index contributed by atoms with van der Waals surface area (Å²) < 4.78 is 0. The van der Waals surface area contributed by atoms with Crippen molar-refractivity contribution in [3.63, 3.8) is 0 Å². The molecule has 4 heteroatoms. The topological polar surface area (TPSA) is 37.8 Å². The van der Waals surface area contributed by atoms with Crippen molar-refractivity contribution in [3.05, 3.63) is 41.0 Å². The van der Waals surface area contributed by atoms with Gasteiger partial charge in [-0.15, -0.1) is 11.3 Å². The number of nitrogens with one attached hydrogen (secondary N) is 1. The van der Waals surface area contributed by atoms with Crippen molar-refractivity contribution in [3.8, 4) is 0 Å². The van der Waals surface area contributed by atoms with E-state index in [4.69, 9.17) is 0 Å². The quantitative estimate of drug-likeness (QED) is 0.859. The molecule has 0 saturated carbocycles. The summed E-state index contributed by atoms with van der Waals surface area (Å²) in [6.07, 6.45) is 7.41. The van der Waals surface area contributed by atoms with Crippen LogP contribution >= 0.6 is 11.3 Å². The van der Waals surface area contributed by atoms with Gasteiger partial charge in [0, 0.05) is 17.3 Å². The van der Waals surface area contributed by atoms with E-state index in [1.54, 1.807) is 29.9 Å². The summed E-state index contributed by atoms with van der Waals surface area (Å²) in [5, 5.41) is 5.53. The van der Waals surface area contributed by atoms with Crippen molar-refractivity contribution in [1.82, 2.24) is 9.97 Å². The Bertz CT molecular complexity index is 399. The third kappa shape index (κ3) is 2.79. The maximum atomic E-state index is 4.24. The monoisotopic (exact) mass is 233 g/mol. The van der Waals surface area contributed by atoms with E-state index in [0.717, 1.165) is 18.7 Å². The third-order valence-corrected chi connectivity index (χ3v) is 3.34. The minimum Gasteiger partial charge on any atom is -0.361 e. The van der Waals surface area contributed by atoms with Crippen LogP contribution in [-0.4, -0.2) is 9.97 Å². The third-order valence-electron chi connectivity index (χ3n) is 2.35. The second-order valence-electron chi connectivity index (χ2n) is 3.59. The summed E-state index contributed by atoms with van der Waals surface area (Å²) in [5.74, 6) is 0.842. The molecule has 0 aromatic carbocycles. The van der Waals surface area contributed by atoms with Crippen molar-refractivity contribution in [2.24, 2.45) is 0 Å². The number of rotatable bonds is 5. The van der Waals surface area contributed by atoms with Gasteiger partial charge in [0.15, 0.2) is 0 Å². The zero-order valence-corrected chi connectivity index (χ0v) is 10.1. The molecule has 2 aromatic heterocycles. The van der Waals surface area contributed by atoms with Crippen LogP contribution in [0.2, 0.25) is 0 Å². The summed E-state index contributed by atoms with van der Waals surface area (Å²) >= 11 is 1.78. The van der Waals surface area contributed by atoms with E-state index < -0.39 is 0 Å². The van der Waals surface area contributed by atoms with Gasteiger partial charge in [0.2, 0.25) is 0 Å². The van der Waals surface area contributed by atoms with Crippen molar-refractivity contribution >= 4 is 17.2 Å². The smallest absolute Gasteiger partial charge is 0.144 e. The molecule has 2 aromatic rings. The van der Waals surface area contributed by atoms with Crippen molar-refractivity contribution < 1.29 is 0 Å². The van der Waals surface area contributed by atoms with Gasteiger partial charge in [-0.05, 0) is 17.9 Å². The first-order chi connectivity index (χ1) is 7.90. The second kappa shape index (κ2) is 5.61. The molecule has 0 spiro atoms. The predicted octanol–water partition coefficient (Wildman–Crippen LogP) is 3.49. The molecule has 0 aliphatic rings. The van der Waals surface area contributed by atoms with E-state index in [9.17, 15) is 0 Å². The van der Waals surface area contributed by atoms with Crippen LogP contribution in [0.25, 0.3) is 0 Å². The Balaban J connectivity index is 2.09. The lowest BCUT2D eigenvalue weighted by Gasteiger charge is -2.16. The van der Waals surface area contributed by atoms with E-state index in [1.807, 2.05) is 0 Å². The Hall–Kier alpha value is -1.42. The zero-order valence-electron chi connectivity index (χ0n) is 9.26. The average Bonchev–Trinajstić information content (AvgIpc) is 2.83.